The van der Waals surface area contributed by atoms with E-state index in [1.165, 1.54) is 35.0 Å². The molecule has 2 atom stereocenters. The van der Waals surface area contributed by atoms with Crippen LogP contribution < -0.4 is 5.32 Å². The Morgan fingerprint density at radius 1 is 1.24 bits per heavy atom. The SMILES string of the molecule is CN1CCC[C@@H](CNCc2cccc3cc[nH]c23)[C@@H]1c1ccnn1C. The monoisotopic (exact) mass is 337 g/mol. The third kappa shape index (κ3) is 3.22. The highest BCUT2D eigenvalue weighted by molar-refractivity contribution is 5.82. The molecule has 0 bridgehead atoms. The molecule has 5 nitrogen and oxygen atoms in total. The number of para-hydroxylation sites is 1. The van der Waals surface area contributed by atoms with Gasteiger partial charge in [0.2, 0.25) is 0 Å². The smallest absolute Gasteiger partial charge is 0.0555 e. The van der Waals surface area contributed by atoms with Gasteiger partial charge in [0.25, 0.3) is 0 Å². The Hall–Kier alpha value is -2.11. The number of hydrogen-bond donors (Lipinski definition) is 2. The molecule has 5 heteroatoms. The van der Waals surface area contributed by atoms with E-state index in [0.717, 1.165) is 19.6 Å². The Morgan fingerprint density at radius 2 is 2.16 bits per heavy atom. The first-order valence-corrected chi connectivity index (χ1v) is 9.18. The van der Waals surface area contributed by atoms with E-state index in [1.54, 1.807) is 0 Å². The number of piperidine rings is 1. The highest BCUT2D eigenvalue weighted by Gasteiger charge is 2.31. The standard InChI is InChI=1S/C20H27N5/c1-24-12-4-7-17(20(24)18-9-11-23-25(18)2)14-21-13-16-6-3-5-15-8-10-22-19(15)16/h3,5-6,8-11,17,20-22H,4,7,12-14H2,1-2H3/t17-,20+/m0/s1. The number of benzene rings is 1. The summed E-state index contributed by atoms with van der Waals surface area (Å²) in [6.45, 7) is 3.08. The Morgan fingerprint density at radius 3 is 3.00 bits per heavy atom. The van der Waals surface area contributed by atoms with Crippen molar-refractivity contribution in [2.24, 2.45) is 13.0 Å². The van der Waals surface area contributed by atoms with Gasteiger partial charge in [0.1, 0.15) is 0 Å². The second-order valence-corrected chi connectivity index (χ2v) is 7.20. The molecular formula is C20H27N5. The van der Waals surface area contributed by atoms with Gasteiger partial charge in [0.05, 0.1) is 11.7 Å². The Bertz CT molecular complexity index is 833. The minimum Gasteiger partial charge on any atom is -0.361 e. The summed E-state index contributed by atoms with van der Waals surface area (Å²) < 4.78 is 2.03. The van der Waals surface area contributed by atoms with Gasteiger partial charge in [0, 0.05) is 38.0 Å². The molecule has 1 fully saturated rings. The molecule has 1 aliphatic rings. The summed E-state index contributed by atoms with van der Waals surface area (Å²) in [6, 6.07) is 11.2. The van der Waals surface area contributed by atoms with Gasteiger partial charge in [-0.1, -0.05) is 18.2 Å². The lowest BCUT2D eigenvalue weighted by molar-refractivity contribution is 0.113. The topological polar surface area (TPSA) is 48.9 Å². The fourth-order valence-electron chi connectivity index (χ4n) is 4.30. The first kappa shape index (κ1) is 16.4. The maximum atomic E-state index is 4.38. The highest BCUT2D eigenvalue weighted by atomic mass is 15.3. The zero-order chi connectivity index (χ0) is 17.2. The van der Waals surface area contributed by atoms with E-state index in [0.29, 0.717) is 12.0 Å². The van der Waals surface area contributed by atoms with Gasteiger partial charge < -0.3 is 10.3 Å². The molecule has 3 heterocycles. The van der Waals surface area contributed by atoms with Crippen molar-refractivity contribution in [3.05, 3.63) is 54.0 Å². The number of nitrogens with zero attached hydrogens (tertiary/aromatic N) is 3. The molecule has 1 saturated heterocycles. The van der Waals surface area contributed by atoms with Crippen LogP contribution in [0.4, 0.5) is 0 Å². The van der Waals surface area contributed by atoms with Gasteiger partial charge in [-0.2, -0.15) is 5.10 Å². The van der Waals surface area contributed by atoms with Crippen LogP contribution in [0.1, 0.15) is 30.1 Å². The van der Waals surface area contributed by atoms with E-state index in [9.17, 15) is 0 Å². The fourth-order valence-corrected chi connectivity index (χ4v) is 4.30. The van der Waals surface area contributed by atoms with Crippen LogP contribution in [0.2, 0.25) is 0 Å². The van der Waals surface area contributed by atoms with Gasteiger partial charge >= 0.3 is 0 Å². The molecular weight excluding hydrogens is 310 g/mol. The lowest BCUT2D eigenvalue weighted by atomic mass is 9.87. The molecule has 0 spiro atoms. The van der Waals surface area contributed by atoms with Crippen molar-refractivity contribution in [3.8, 4) is 0 Å². The Balaban J connectivity index is 1.45. The molecule has 25 heavy (non-hydrogen) atoms. The van der Waals surface area contributed by atoms with Crippen LogP contribution in [0.15, 0.2) is 42.7 Å². The lowest BCUT2D eigenvalue weighted by Gasteiger charge is -2.39. The lowest BCUT2D eigenvalue weighted by Crippen LogP contribution is -2.41. The molecule has 0 unspecified atom stereocenters. The molecule has 3 aromatic rings. The number of aromatic nitrogens is 3. The fraction of sp³-hybridized carbons (Fsp3) is 0.450. The minimum absolute atomic E-state index is 0.440. The zero-order valence-electron chi connectivity index (χ0n) is 15.1. The molecule has 4 rings (SSSR count). The van der Waals surface area contributed by atoms with Gasteiger partial charge in [-0.05, 0) is 55.4 Å². The number of hydrogen-bond acceptors (Lipinski definition) is 3. The largest absolute Gasteiger partial charge is 0.361 e. The van der Waals surface area contributed by atoms with E-state index in [-0.39, 0.29) is 0 Å². The first-order valence-electron chi connectivity index (χ1n) is 9.18. The molecule has 2 aromatic heterocycles. The summed E-state index contributed by atoms with van der Waals surface area (Å²) in [6.07, 6.45) is 6.46. The van der Waals surface area contributed by atoms with E-state index in [2.05, 4.69) is 57.7 Å². The summed E-state index contributed by atoms with van der Waals surface area (Å²) in [5.74, 6) is 0.608. The Kier molecular flexibility index (Phi) is 4.59. The van der Waals surface area contributed by atoms with Crippen LogP contribution in [0.25, 0.3) is 10.9 Å². The van der Waals surface area contributed by atoms with Crippen LogP contribution in [0.3, 0.4) is 0 Å². The second-order valence-electron chi connectivity index (χ2n) is 7.20. The normalized spacial score (nSPS) is 21.8. The van der Waals surface area contributed by atoms with Crippen LogP contribution in [-0.4, -0.2) is 39.8 Å². The summed E-state index contributed by atoms with van der Waals surface area (Å²) in [5, 5.41) is 9.37. The highest BCUT2D eigenvalue weighted by Crippen LogP contribution is 2.34. The van der Waals surface area contributed by atoms with Crippen molar-refractivity contribution < 1.29 is 0 Å². The predicted octanol–water partition coefficient (Wildman–Crippen LogP) is 3.07. The van der Waals surface area contributed by atoms with E-state index < -0.39 is 0 Å². The van der Waals surface area contributed by atoms with Gasteiger partial charge in [-0.25, -0.2) is 0 Å². The summed E-state index contributed by atoms with van der Waals surface area (Å²) in [7, 11) is 4.29. The van der Waals surface area contributed by atoms with Gasteiger partial charge in [-0.3, -0.25) is 9.58 Å². The quantitative estimate of drug-likeness (QED) is 0.752. The predicted molar refractivity (Wildman–Crippen MR) is 101 cm³/mol. The van der Waals surface area contributed by atoms with E-state index >= 15 is 0 Å². The summed E-state index contributed by atoms with van der Waals surface area (Å²) in [5.41, 5.74) is 3.91. The summed E-state index contributed by atoms with van der Waals surface area (Å²) >= 11 is 0. The minimum atomic E-state index is 0.440. The summed E-state index contributed by atoms with van der Waals surface area (Å²) in [4.78, 5) is 5.85. The number of nitrogens with one attached hydrogen (secondary N) is 2. The zero-order valence-corrected chi connectivity index (χ0v) is 15.1. The maximum Gasteiger partial charge on any atom is 0.0555 e. The van der Waals surface area contributed by atoms with E-state index in [4.69, 9.17) is 0 Å². The van der Waals surface area contributed by atoms with E-state index in [1.807, 2.05) is 24.1 Å². The van der Waals surface area contributed by atoms with Crippen LogP contribution in [0.5, 0.6) is 0 Å². The maximum absolute atomic E-state index is 4.38. The molecule has 1 aromatic carbocycles. The molecule has 0 radical (unpaired) electrons. The third-order valence-electron chi connectivity index (χ3n) is 5.56. The van der Waals surface area contributed by atoms with Crippen LogP contribution in [0, 0.1) is 5.92 Å². The molecule has 0 aliphatic carbocycles. The molecule has 132 valence electrons. The molecule has 0 saturated carbocycles. The number of rotatable bonds is 5. The van der Waals surface area contributed by atoms with Gasteiger partial charge in [0.15, 0.2) is 0 Å². The molecule has 2 N–H and O–H groups in total. The third-order valence-corrected chi connectivity index (χ3v) is 5.56. The number of fused-ring (bicyclic) bond motifs is 1. The van der Waals surface area contributed by atoms with Crippen molar-refractivity contribution >= 4 is 10.9 Å². The number of H-pyrrole nitrogens is 1. The number of aryl methyl sites for hydroxylation is 1. The van der Waals surface area contributed by atoms with Crippen molar-refractivity contribution in [2.75, 3.05) is 20.1 Å². The first-order chi connectivity index (χ1) is 12.2. The van der Waals surface area contributed by atoms with Crippen molar-refractivity contribution in [3.63, 3.8) is 0 Å². The average Bonchev–Trinajstić information content (AvgIpc) is 3.24. The van der Waals surface area contributed by atoms with Crippen molar-refractivity contribution in [1.29, 1.82) is 0 Å². The number of likely N-dealkylation sites (tertiary alicyclic amines) is 1. The molecule has 0 amide bonds. The average molecular weight is 337 g/mol. The number of aromatic amines is 1. The van der Waals surface area contributed by atoms with Crippen LogP contribution in [-0.2, 0) is 13.6 Å². The van der Waals surface area contributed by atoms with Crippen molar-refractivity contribution in [1.82, 2.24) is 25.0 Å². The van der Waals surface area contributed by atoms with Gasteiger partial charge in [-0.15, -0.1) is 0 Å². The van der Waals surface area contributed by atoms with Crippen molar-refractivity contribution in [2.45, 2.75) is 25.4 Å². The Labute approximate surface area is 149 Å². The van der Waals surface area contributed by atoms with Crippen LogP contribution >= 0.6 is 0 Å². The molecule has 1 aliphatic heterocycles. The second kappa shape index (κ2) is 7.02.